The average Bonchev–Trinajstić information content (AvgIpc) is 3.28. The molecule has 0 aliphatic rings. The minimum absolute atomic E-state index is 0.152. The van der Waals surface area contributed by atoms with Crippen LogP contribution >= 0.6 is 11.8 Å². The van der Waals surface area contributed by atoms with Crippen LogP contribution in [0.25, 0.3) is 5.69 Å². The molecule has 0 aliphatic carbocycles. The van der Waals surface area contributed by atoms with Crippen LogP contribution in [-0.2, 0) is 24.7 Å². The third-order valence-electron chi connectivity index (χ3n) is 5.47. The summed E-state index contributed by atoms with van der Waals surface area (Å²) in [5, 5.41) is 11.0. The molecule has 1 N–H and O–H groups in total. The molecule has 0 unspecified atom stereocenters. The van der Waals surface area contributed by atoms with Crippen molar-refractivity contribution < 1.29 is 31.1 Å². The average molecular weight is 551 g/mol. The molecule has 3 aromatic carbocycles. The molecule has 1 heterocycles. The zero-order valence-electron chi connectivity index (χ0n) is 19.8. The minimum Gasteiger partial charge on any atom is -0.345 e. The molecule has 38 heavy (non-hydrogen) atoms. The van der Waals surface area contributed by atoms with Crippen molar-refractivity contribution in [2.45, 2.75) is 36.7 Å². The molecule has 1 amide bonds. The number of hydrogen-bond donors (Lipinski definition) is 1. The maximum absolute atomic E-state index is 13.3. The number of hydrogen-bond acceptors (Lipinski definition) is 4. The number of carbonyl (C=O) groups excluding carboxylic acids is 1. The SMILES string of the molecule is Cc1cccc(-n2c(CNC(=O)c3ccccc3C(F)(F)F)nnc2SCc2cccc(C(F)(F)F)c2)c1. The van der Waals surface area contributed by atoms with Gasteiger partial charge in [0.15, 0.2) is 11.0 Å². The second-order valence-corrected chi connectivity index (χ2v) is 9.23. The highest BCUT2D eigenvalue weighted by Gasteiger charge is 2.35. The summed E-state index contributed by atoms with van der Waals surface area (Å²) in [4.78, 5) is 12.7. The lowest BCUT2D eigenvalue weighted by atomic mass is 10.1. The highest BCUT2D eigenvalue weighted by Crippen LogP contribution is 2.33. The Morgan fingerprint density at radius 3 is 2.34 bits per heavy atom. The molecule has 4 aromatic rings. The number of halogens is 6. The molecule has 0 atom stereocenters. The molecule has 0 bridgehead atoms. The second kappa shape index (κ2) is 10.9. The van der Waals surface area contributed by atoms with Crippen LogP contribution in [-0.4, -0.2) is 20.7 Å². The number of nitrogens with one attached hydrogen (secondary N) is 1. The van der Waals surface area contributed by atoms with Crippen molar-refractivity contribution in [1.29, 1.82) is 0 Å². The Morgan fingerprint density at radius 1 is 0.895 bits per heavy atom. The largest absolute Gasteiger partial charge is 0.417 e. The molecule has 0 radical (unpaired) electrons. The number of rotatable bonds is 7. The molecule has 5 nitrogen and oxygen atoms in total. The van der Waals surface area contributed by atoms with Gasteiger partial charge in [-0.1, -0.05) is 54.2 Å². The van der Waals surface area contributed by atoms with Crippen molar-refractivity contribution in [2.75, 3.05) is 0 Å². The van der Waals surface area contributed by atoms with Crippen LogP contribution in [0, 0.1) is 6.92 Å². The van der Waals surface area contributed by atoms with Gasteiger partial charge in [-0.2, -0.15) is 26.3 Å². The number of carbonyl (C=O) groups is 1. The summed E-state index contributed by atoms with van der Waals surface area (Å²) in [5.74, 6) is -0.547. The van der Waals surface area contributed by atoms with E-state index >= 15 is 0 Å². The van der Waals surface area contributed by atoms with Crippen LogP contribution in [0.15, 0.2) is 78.0 Å². The van der Waals surface area contributed by atoms with E-state index in [4.69, 9.17) is 0 Å². The van der Waals surface area contributed by atoms with Crippen LogP contribution in [0.2, 0.25) is 0 Å². The van der Waals surface area contributed by atoms with Crippen molar-refractivity contribution in [3.05, 3.63) is 106 Å². The quantitative estimate of drug-likeness (QED) is 0.202. The van der Waals surface area contributed by atoms with Crippen LogP contribution in [0.5, 0.6) is 0 Å². The van der Waals surface area contributed by atoms with Gasteiger partial charge >= 0.3 is 12.4 Å². The van der Waals surface area contributed by atoms with Gasteiger partial charge in [-0.15, -0.1) is 10.2 Å². The number of alkyl halides is 6. The zero-order valence-corrected chi connectivity index (χ0v) is 20.6. The molecule has 0 saturated heterocycles. The van der Waals surface area contributed by atoms with Crippen molar-refractivity contribution in [1.82, 2.24) is 20.1 Å². The lowest BCUT2D eigenvalue weighted by molar-refractivity contribution is -0.138. The van der Waals surface area contributed by atoms with Gasteiger partial charge in [-0.3, -0.25) is 9.36 Å². The summed E-state index contributed by atoms with van der Waals surface area (Å²) in [6, 6.07) is 16.6. The van der Waals surface area contributed by atoms with Crippen molar-refractivity contribution in [3.63, 3.8) is 0 Å². The van der Waals surface area contributed by atoms with Crippen LogP contribution in [0.3, 0.4) is 0 Å². The van der Waals surface area contributed by atoms with Gasteiger partial charge in [-0.05, 0) is 48.4 Å². The van der Waals surface area contributed by atoms with E-state index < -0.39 is 35.0 Å². The number of thioether (sulfide) groups is 1. The van der Waals surface area contributed by atoms with E-state index in [1.807, 2.05) is 19.1 Å². The first kappa shape index (κ1) is 27.2. The Morgan fingerprint density at radius 2 is 1.63 bits per heavy atom. The van der Waals surface area contributed by atoms with Crippen LogP contribution in [0.4, 0.5) is 26.3 Å². The van der Waals surface area contributed by atoms with Crippen molar-refractivity contribution in [2.24, 2.45) is 0 Å². The van der Waals surface area contributed by atoms with E-state index in [1.165, 1.54) is 18.2 Å². The second-order valence-electron chi connectivity index (χ2n) is 8.29. The fraction of sp³-hybridized carbons (Fsp3) is 0.192. The normalized spacial score (nSPS) is 12.0. The summed E-state index contributed by atoms with van der Waals surface area (Å²) in [6.45, 7) is 1.62. The highest BCUT2D eigenvalue weighted by atomic mass is 32.2. The van der Waals surface area contributed by atoms with Gasteiger partial charge in [0.05, 0.1) is 23.2 Å². The van der Waals surface area contributed by atoms with E-state index in [1.54, 1.807) is 22.8 Å². The first-order chi connectivity index (χ1) is 17.9. The molecule has 1 aromatic heterocycles. The van der Waals surface area contributed by atoms with E-state index in [0.29, 0.717) is 16.4 Å². The predicted molar refractivity (Wildman–Crippen MR) is 130 cm³/mol. The Bertz CT molecular complexity index is 1450. The Hall–Kier alpha value is -3.80. The summed E-state index contributed by atoms with van der Waals surface area (Å²) >= 11 is 1.14. The maximum Gasteiger partial charge on any atom is 0.417 e. The summed E-state index contributed by atoms with van der Waals surface area (Å²) in [6.07, 6.45) is -9.18. The highest BCUT2D eigenvalue weighted by molar-refractivity contribution is 7.98. The molecule has 4 rings (SSSR count). The first-order valence-corrected chi connectivity index (χ1v) is 12.2. The minimum atomic E-state index is -4.71. The number of amides is 1. The Balaban J connectivity index is 1.60. The maximum atomic E-state index is 13.3. The van der Waals surface area contributed by atoms with Crippen LogP contribution in [0.1, 0.15) is 38.4 Å². The van der Waals surface area contributed by atoms with E-state index in [-0.39, 0.29) is 18.1 Å². The summed E-state index contributed by atoms with van der Waals surface area (Å²) in [5.41, 5.74) is -0.406. The molecule has 12 heteroatoms. The topological polar surface area (TPSA) is 59.8 Å². The molecule has 198 valence electrons. The monoisotopic (exact) mass is 550 g/mol. The molecule has 0 spiro atoms. The fourth-order valence-electron chi connectivity index (χ4n) is 3.70. The molecule has 0 saturated carbocycles. The molecule has 0 aliphatic heterocycles. The van der Waals surface area contributed by atoms with Gasteiger partial charge < -0.3 is 5.32 Å². The van der Waals surface area contributed by atoms with Gasteiger partial charge in [-0.25, -0.2) is 0 Å². The van der Waals surface area contributed by atoms with E-state index in [0.717, 1.165) is 41.6 Å². The molecule has 0 fully saturated rings. The molecular formula is C26H20F6N4OS. The van der Waals surface area contributed by atoms with Gasteiger partial charge in [0, 0.05) is 11.4 Å². The third-order valence-corrected chi connectivity index (χ3v) is 6.47. The van der Waals surface area contributed by atoms with Gasteiger partial charge in [0.2, 0.25) is 0 Å². The Kier molecular flexibility index (Phi) is 7.81. The standard InChI is InChI=1S/C26H20F6N4OS/c1-16-6-4-9-19(12-16)36-22(14-33-23(37)20-10-2-3-11-21(20)26(30,31)32)34-35-24(36)38-15-17-7-5-8-18(13-17)25(27,28)29/h2-13H,14-15H2,1H3,(H,33,37). The summed E-state index contributed by atoms with van der Waals surface area (Å²) in [7, 11) is 0. The van der Waals surface area contributed by atoms with E-state index in [2.05, 4.69) is 15.5 Å². The van der Waals surface area contributed by atoms with E-state index in [9.17, 15) is 31.1 Å². The van der Waals surface area contributed by atoms with Crippen molar-refractivity contribution in [3.8, 4) is 5.69 Å². The number of aromatic nitrogens is 3. The van der Waals surface area contributed by atoms with Crippen LogP contribution < -0.4 is 5.32 Å². The third kappa shape index (κ3) is 6.36. The predicted octanol–water partition coefficient (Wildman–Crippen LogP) is 6.84. The fourth-order valence-corrected chi connectivity index (χ4v) is 4.62. The first-order valence-electron chi connectivity index (χ1n) is 11.2. The zero-order chi connectivity index (χ0) is 27.5. The molecular weight excluding hydrogens is 530 g/mol. The number of nitrogens with zero attached hydrogens (tertiary/aromatic N) is 3. The smallest absolute Gasteiger partial charge is 0.345 e. The summed E-state index contributed by atoms with van der Waals surface area (Å²) < 4.78 is 80.9. The van der Waals surface area contributed by atoms with Gasteiger partial charge in [0.1, 0.15) is 0 Å². The van der Waals surface area contributed by atoms with Crippen molar-refractivity contribution >= 4 is 17.7 Å². The Labute approximate surface area is 217 Å². The number of aryl methyl sites for hydroxylation is 1. The number of benzene rings is 3. The lowest BCUT2D eigenvalue weighted by Gasteiger charge is -2.14. The lowest BCUT2D eigenvalue weighted by Crippen LogP contribution is -2.27. The van der Waals surface area contributed by atoms with Gasteiger partial charge in [0.25, 0.3) is 5.91 Å².